The number of rotatable bonds is 2. The molecule has 94 valence electrons. The Morgan fingerprint density at radius 3 is 2.79 bits per heavy atom. The van der Waals surface area contributed by atoms with Gasteiger partial charge >= 0.3 is 0 Å². The molecule has 0 spiro atoms. The zero-order valence-electron chi connectivity index (χ0n) is 10.6. The maximum absolute atomic E-state index is 8.94. The summed E-state index contributed by atoms with van der Waals surface area (Å²) in [5.41, 5.74) is 8.90. The first-order valence-electron chi connectivity index (χ1n) is 6.18. The largest absolute Gasteiger partial charge is 0.383 e. The van der Waals surface area contributed by atoms with E-state index in [2.05, 4.69) is 21.0 Å². The van der Waals surface area contributed by atoms with Crippen molar-refractivity contribution in [3.63, 3.8) is 0 Å². The number of pyridine rings is 1. The highest BCUT2D eigenvalue weighted by atomic mass is 15.0. The van der Waals surface area contributed by atoms with E-state index in [1.54, 1.807) is 12.3 Å². The Hall–Kier alpha value is -2.48. The summed E-state index contributed by atoms with van der Waals surface area (Å²) >= 11 is 0. The molecule has 1 fully saturated rings. The summed E-state index contributed by atoms with van der Waals surface area (Å²) in [6.45, 7) is 1.89. The SMILES string of the molecule is Cc1c(N)nc(C2CC2)nc1-c1cncc(C#N)c1. The Morgan fingerprint density at radius 1 is 1.32 bits per heavy atom. The van der Waals surface area contributed by atoms with Crippen LogP contribution >= 0.6 is 0 Å². The van der Waals surface area contributed by atoms with Gasteiger partial charge in [-0.25, -0.2) is 9.97 Å². The van der Waals surface area contributed by atoms with E-state index < -0.39 is 0 Å². The van der Waals surface area contributed by atoms with Gasteiger partial charge in [-0.15, -0.1) is 0 Å². The van der Waals surface area contributed by atoms with Crippen molar-refractivity contribution >= 4 is 5.82 Å². The Bertz CT molecular complexity index is 683. The molecule has 0 amide bonds. The van der Waals surface area contributed by atoms with Crippen LogP contribution in [0.5, 0.6) is 0 Å². The molecule has 0 unspecified atom stereocenters. The Morgan fingerprint density at radius 2 is 2.11 bits per heavy atom. The van der Waals surface area contributed by atoms with Gasteiger partial charge in [0, 0.05) is 29.4 Å². The number of hydrogen-bond donors (Lipinski definition) is 1. The van der Waals surface area contributed by atoms with Crippen LogP contribution in [0.25, 0.3) is 11.3 Å². The van der Waals surface area contributed by atoms with Crippen molar-refractivity contribution in [1.29, 1.82) is 5.26 Å². The van der Waals surface area contributed by atoms with E-state index >= 15 is 0 Å². The minimum atomic E-state index is 0.439. The van der Waals surface area contributed by atoms with Gasteiger partial charge in [0.1, 0.15) is 17.7 Å². The topological polar surface area (TPSA) is 88.5 Å². The van der Waals surface area contributed by atoms with Crippen LogP contribution in [0.3, 0.4) is 0 Å². The molecule has 0 atom stereocenters. The van der Waals surface area contributed by atoms with Crippen molar-refractivity contribution in [3.05, 3.63) is 35.4 Å². The number of anilines is 1. The molecular formula is C14H13N5. The number of nitrogens with zero attached hydrogens (tertiary/aromatic N) is 4. The second-order valence-corrected chi connectivity index (χ2v) is 4.79. The molecule has 1 aliphatic rings. The number of aromatic nitrogens is 3. The summed E-state index contributed by atoms with van der Waals surface area (Å²) in [4.78, 5) is 13.0. The monoisotopic (exact) mass is 251 g/mol. The lowest BCUT2D eigenvalue weighted by molar-refractivity contribution is 0.927. The summed E-state index contributed by atoms with van der Waals surface area (Å²) in [6.07, 6.45) is 5.48. The molecule has 5 heteroatoms. The van der Waals surface area contributed by atoms with E-state index in [-0.39, 0.29) is 0 Å². The third-order valence-corrected chi connectivity index (χ3v) is 3.28. The first-order chi connectivity index (χ1) is 9.19. The van der Waals surface area contributed by atoms with Crippen LogP contribution < -0.4 is 5.73 Å². The fourth-order valence-electron chi connectivity index (χ4n) is 1.99. The smallest absolute Gasteiger partial charge is 0.134 e. The van der Waals surface area contributed by atoms with Gasteiger partial charge in [0.25, 0.3) is 0 Å². The van der Waals surface area contributed by atoms with Crippen molar-refractivity contribution < 1.29 is 0 Å². The molecule has 19 heavy (non-hydrogen) atoms. The Balaban J connectivity index is 2.15. The molecule has 0 aromatic carbocycles. The van der Waals surface area contributed by atoms with E-state index in [4.69, 9.17) is 11.0 Å². The van der Waals surface area contributed by atoms with E-state index in [0.29, 0.717) is 17.3 Å². The van der Waals surface area contributed by atoms with Crippen LogP contribution in [0.1, 0.15) is 35.7 Å². The second kappa shape index (κ2) is 4.32. The van der Waals surface area contributed by atoms with Crippen molar-refractivity contribution in [3.8, 4) is 17.3 Å². The molecule has 3 rings (SSSR count). The van der Waals surface area contributed by atoms with Gasteiger partial charge in [-0.3, -0.25) is 4.98 Å². The van der Waals surface area contributed by atoms with Gasteiger partial charge in [0.15, 0.2) is 0 Å². The fraction of sp³-hybridized carbons (Fsp3) is 0.286. The van der Waals surface area contributed by atoms with Crippen LogP contribution in [0.15, 0.2) is 18.5 Å². The van der Waals surface area contributed by atoms with Crippen molar-refractivity contribution in [2.45, 2.75) is 25.7 Å². The molecule has 1 aliphatic carbocycles. The summed E-state index contributed by atoms with van der Waals surface area (Å²) < 4.78 is 0. The quantitative estimate of drug-likeness (QED) is 0.883. The predicted octanol–water partition coefficient (Wildman–Crippen LogP) is 2.18. The molecule has 0 bridgehead atoms. The molecule has 1 saturated carbocycles. The van der Waals surface area contributed by atoms with Crippen LogP contribution in [0.2, 0.25) is 0 Å². The van der Waals surface area contributed by atoms with Gasteiger partial charge < -0.3 is 5.73 Å². The third-order valence-electron chi connectivity index (χ3n) is 3.28. The molecule has 0 aliphatic heterocycles. The molecule has 2 heterocycles. The number of nitrogens with two attached hydrogens (primary N) is 1. The number of nitriles is 1. The standard InChI is InChI=1S/C14H13N5/c1-8-12(11-4-9(5-15)6-17-7-11)18-14(10-2-3-10)19-13(8)16/h4,6-7,10H,2-3H2,1H3,(H2,16,18,19). The summed E-state index contributed by atoms with van der Waals surface area (Å²) in [5.74, 6) is 1.75. The third kappa shape index (κ3) is 2.13. The van der Waals surface area contributed by atoms with Crippen LogP contribution in [0.4, 0.5) is 5.82 Å². The van der Waals surface area contributed by atoms with Gasteiger partial charge in [-0.05, 0) is 25.8 Å². The highest BCUT2D eigenvalue weighted by molar-refractivity contribution is 5.67. The molecule has 2 N–H and O–H groups in total. The van der Waals surface area contributed by atoms with Crippen molar-refractivity contribution in [2.24, 2.45) is 0 Å². The molecule has 2 aromatic heterocycles. The number of hydrogen-bond acceptors (Lipinski definition) is 5. The van der Waals surface area contributed by atoms with Crippen LogP contribution in [0, 0.1) is 18.3 Å². The minimum Gasteiger partial charge on any atom is -0.383 e. The highest BCUT2D eigenvalue weighted by Gasteiger charge is 2.28. The molecular weight excluding hydrogens is 238 g/mol. The van der Waals surface area contributed by atoms with Crippen molar-refractivity contribution in [2.75, 3.05) is 5.73 Å². The zero-order chi connectivity index (χ0) is 13.4. The average Bonchev–Trinajstić information content (AvgIpc) is 3.26. The second-order valence-electron chi connectivity index (χ2n) is 4.79. The summed E-state index contributed by atoms with van der Waals surface area (Å²) in [7, 11) is 0. The van der Waals surface area contributed by atoms with E-state index in [1.165, 1.54) is 6.20 Å². The first-order valence-corrected chi connectivity index (χ1v) is 6.18. The normalized spacial score (nSPS) is 14.1. The molecule has 0 saturated heterocycles. The maximum atomic E-state index is 8.94. The van der Waals surface area contributed by atoms with Gasteiger partial charge in [0.05, 0.1) is 11.3 Å². The van der Waals surface area contributed by atoms with E-state index in [0.717, 1.165) is 35.5 Å². The maximum Gasteiger partial charge on any atom is 0.134 e. The molecule has 0 radical (unpaired) electrons. The number of nitrogen functional groups attached to an aromatic ring is 1. The van der Waals surface area contributed by atoms with E-state index in [1.807, 2.05) is 6.92 Å². The van der Waals surface area contributed by atoms with Gasteiger partial charge in [-0.2, -0.15) is 5.26 Å². The minimum absolute atomic E-state index is 0.439. The van der Waals surface area contributed by atoms with Crippen molar-refractivity contribution in [1.82, 2.24) is 15.0 Å². The lowest BCUT2D eigenvalue weighted by Gasteiger charge is -2.09. The Labute approximate surface area is 111 Å². The highest BCUT2D eigenvalue weighted by Crippen LogP contribution is 2.39. The fourth-order valence-corrected chi connectivity index (χ4v) is 1.99. The summed E-state index contributed by atoms with van der Waals surface area (Å²) in [6, 6.07) is 3.86. The Kier molecular flexibility index (Phi) is 2.64. The first kappa shape index (κ1) is 11.6. The lowest BCUT2D eigenvalue weighted by atomic mass is 10.1. The van der Waals surface area contributed by atoms with Gasteiger partial charge in [-0.1, -0.05) is 0 Å². The van der Waals surface area contributed by atoms with Crippen LogP contribution in [-0.2, 0) is 0 Å². The summed E-state index contributed by atoms with van der Waals surface area (Å²) in [5, 5.41) is 8.94. The zero-order valence-corrected chi connectivity index (χ0v) is 10.6. The molecule has 2 aromatic rings. The molecule has 5 nitrogen and oxygen atoms in total. The van der Waals surface area contributed by atoms with Crippen LogP contribution in [-0.4, -0.2) is 15.0 Å². The van der Waals surface area contributed by atoms with Gasteiger partial charge in [0.2, 0.25) is 0 Å². The predicted molar refractivity (Wildman–Crippen MR) is 71.1 cm³/mol. The average molecular weight is 251 g/mol. The van der Waals surface area contributed by atoms with E-state index in [9.17, 15) is 0 Å². The lowest BCUT2D eigenvalue weighted by Crippen LogP contribution is -2.04.